The highest BCUT2D eigenvalue weighted by Gasteiger charge is 2.50. The van der Waals surface area contributed by atoms with Crippen LogP contribution in [0.5, 0.6) is 0 Å². The summed E-state index contributed by atoms with van der Waals surface area (Å²) in [5.74, 6) is -2.86. The molecule has 132 valence electrons. The number of rotatable bonds is 7. The Morgan fingerprint density at radius 1 is 1.18 bits per heavy atom. The summed E-state index contributed by atoms with van der Waals surface area (Å²) < 4.78 is 62.3. The monoisotopic (exact) mass is 390 g/mol. The number of hydrogen-bond donors (Lipinski definition) is 5. The van der Waals surface area contributed by atoms with Gasteiger partial charge in [-0.3, -0.25) is 4.52 Å². The lowest BCUT2D eigenvalue weighted by Gasteiger charge is -2.24. The van der Waals surface area contributed by atoms with Crippen molar-refractivity contribution in [3.8, 4) is 0 Å². The maximum atomic E-state index is 14.0. The minimum Gasteiger partial charge on any atom is -0.387 e. The van der Waals surface area contributed by atoms with Crippen LogP contribution in [0, 0.1) is 0 Å². The second-order valence-corrected chi connectivity index (χ2v) is 8.75. The Hall–Kier alpha value is 0.260. The van der Waals surface area contributed by atoms with Crippen LogP contribution in [0.1, 0.15) is 13.3 Å². The first-order chi connectivity index (χ1) is 9.64. The summed E-state index contributed by atoms with van der Waals surface area (Å²) in [6.07, 6.45) is -2.53. The molecule has 0 aromatic carbocycles. The first-order valence-electron chi connectivity index (χ1n) is 5.47. The average Bonchev–Trinajstić information content (AvgIpc) is 2.45. The van der Waals surface area contributed by atoms with Crippen molar-refractivity contribution >= 4 is 23.5 Å². The van der Waals surface area contributed by atoms with Crippen LogP contribution in [0.15, 0.2) is 0 Å². The number of alkyl halides is 1. The number of phosphoric acid groups is 3. The lowest BCUT2D eigenvalue weighted by molar-refractivity contribution is -0.190. The fraction of sp³-hybridized carbons (Fsp3) is 1.00. The Balaban J connectivity index is 2.67. The van der Waals surface area contributed by atoms with Crippen molar-refractivity contribution in [1.29, 1.82) is 0 Å². The van der Waals surface area contributed by atoms with Gasteiger partial charge in [-0.15, -0.1) is 0 Å². The summed E-state index contributed by atoms with van der Waals surface area (Å²) in [5, 5.41) is 9.38. The van der Waals surface area contributed by atoms with Gasteiger partial charge in [0, 0.05) is 6.42 Å². The maximum Gasteiger partial charge on any atom is 0.490 e. The van der Waals surface area contributed by atoms with Crippen LogP contribution in [-0.4, -0.2) is 49.3 Å². The Kier molecular flexibility index (Phi) is 6.13. The van der Waals surface area contributed by atoms with Crippen molar-refractivity contribution in [3.05, 3.63) is 0 Å². The molecule has 0 bridgehead atoms. The highest BCUT2D eigenvalue weighted by molar-refractivity contribution is 7.66. The molecule has 22 heavy (non-hydrogen) atoms. The molecule has 0 aromatic rings. The molecule has 16 heteroatoms. The van der Waals surface area contributed by atoms with Gasteiger partial charge >= 0.3 is 23.5 Å². The second-order valence-electron chi connectivity index (χ2n) is 4.33. The number of phosphoric ester groups is 1. The number of ether oxygens (including phenoxy) is 1. The molecule has 1 rings (SSSR count). The van der Waals surface area contributed by atoms with Gasteiger partial charge in [-0.2, -0.15) is 8.62 Å². The van der Waals surface area contributed by atoms with E-state index in [2.05, 4.69) is 17.9 Å². The molecule has 0 aliphatic carbocycles. The number of hydrogen-bond acceptors (Lipinski definition) is 8. The number of aliphatic hydroxyl groups excluding tert-OH is 1. The zero-order valence-corrected chi connectivity index (χ0v) is 13.6. The van der Waals surface area contributed by atoms with Crippen molar-refractivity contribution in [3.63, 3.8) is 0 Å². The molecule has 0 saturated carbocycles. The van der Waals surface area contributed by atoms with Gasteiger partial charge in [0.1, 0.15) is 12.7 Å². The topological polar surface area (TPSA) is 189 Å². The van der Waals surface area contributed by atoms with Crippen LogP contribution in [0.25, 0.3) is 0 Å². The first kappa shape index (κ1) is 20.3. The molecule has 0 radical (unpaired) electrons. The van der Waals surface area contributed by atoms with Gasteiger partial charge in [0.05, 0.1) is 6.10 Å². The van der Waals surface area contributed by atoms with Crippen molar-refractivity contribution in [2.24, 2.45) is 0 Å². The van der Waals surface area contributed by atoms with E-state index in [1.165, 1.54) is 6.92 Å². The molecule has 12 nitrogen and oxygen atoms in total. The second kappa shape index (κ2) is 6.64. The normalized spacial score (nSPS) is 35.0. The summed E-state index contributed by atoms with van der Waals surface area (Å²) in [7, 11) is -16.6. The third-order valence-corrected chi connectivity index (χ3v) is 6.07. The SMILES string of the molecule is C[C@H]1CC(O)[C@@](F)(COP(=O)(O)OP(=O)(O)OP(=O)(O)O)O1. The Morgan fingerprint density at radius 3 is 2.14 bits per heavy atom. The predicted molar refractivity (Wildman–Crippen MR) is 64.8 cm³/mol. The van der Waals surface area contributed by atoms with Crippen molar-refractivity contribution in [2.75, 3.05) is 6.61 Å². The van der Waals surface area contributed by atoms with E-state index >= 15 is 0 Å². The molecule has 5 N–H and O–H groups in total. The molecule has 1 saturated heterocycles. The lowest BCUT2D eigenvalue weighted by atomic mass is 10.1. The van der Waals surface area contributed by atoms with Crippen LogP contribution < -0.4 is 0 Å². The van der Waals surface area contributed by atoms with Crippen LogP contribution in [0.3, 0.4) is 0 Å². The minimum absolute atomic E-state index is 0.129. The molecule has 1 aliphatic heterocycles. The number of aliphatic hydroxyl groups is 1. The van der Waals surface area contributed by atoms with Gasteiger partial charge in [-0.05, 0) is 6.92 Å². The van der Waals surface area contributed by atoms with Crippen molar-refractivity contribution in [2.45, 2.75) is 31.4 Å². The molecular formula is C6H14FO12P3. The maximum absolute atomic E-state index is 14.0. The smallest absolute Gasteiger partial charge is 0.387 e. The molecule has 0 amide bonds. The minimum atomic E-state index is -5.67. The van der Waals surface area contributed by atoms with E-state index in [1.54, 1.807) is 0 Å². The highest BCUT2D eigenvalue weighted by Crippen LogP contribution is 2.66. The van der Waals surface area contributed by atoms with Gasteiger partial charge in [0.25, 0.3) is 5.85 Å². The van der Waals surface area contributed by atoms with Gasteiger partial charge in [-0.25, -0.2) is 18.1 Å². The van der Waals surface area contributed by atoms with Crippen LogP contribution in [0.2, 0.25) is 0 Å². The summed E-state index contributed by atoms with van der Waals surface area (Å²) in [4.78, 5) is 34.6. The fourth-order valence-electron chi connectivity index (χ4n) is 1.55. The highest BCUT2D eigenvalue weighted by atomic mass is 31.3. The predicted octanol–water partition coefficient (Wildman–Crippen LogP) is 0.165. The van der Waals surface area contributed by atoms with Crippen LogP contribution >= 0.6 is 23.5 Å². The molecule has 0 spiro atoms. The fourth-order valence-corrected chi connectivity index (χ4v) is 4.59. The molecule has 0 aromatic heterocycles. The van der Waals surface area contributed by atoms with E-state index in [9.17, 15) is 23.2 Å². The Bertz CT molecular complexity index is 547. The number of halogens is 1. The third kappa shape index (κ3) is 6.40. The van der Waals surface area contributed by atoms with E-state index in [1.807, 2.05) is 0 Å². The summed E-state index contributed by atoms with van der Waals surface area (Å²) >= 11 is 0. The molecule has 3 unspecified atom stereocenters. The van der Waals surface area contributed by atoms with Crippen LogP contribution in [0.4, 0.5) is 4.39 Å². The van der Waals surface area contributed by atoms with Gasteiger partial charge in [-0.1, -0.05) is 0 Å². The first-order valence-corrected chi connectivity index (χ1v) is 9.99. The Labute approximate surface area is 123 Å². The largest absolute Gasteiger partial charge is 0.490 e. The molecule has 1 heterocycles. The van der Waals surface area contributed by atoms with Gasteiger partial charge in [0.2, 0.25) is 0 Å². The van der Waals surface area contributed by atoms with E-state index in [-0.39, 0.29) is 6.42 Å². The van der Waals surface area contributed by atoms with Crippen LogP contribution in [-0.2, 0) is 31.6 Å². The average molecular weight is 390 g/mol. The summed E-state index contributed by atoms with van der Waals surface area (Å²) in [6, 6.07) is 0. The molecule has 1 fully saturated rings. The van der Waals surface area contributed by atoms with Crippen molar-refractivity contribution in [1.82, 2.24) is 0 Å². The van der Waals surface area contributed by atoms with E-state index in [0.717, 1.165) is 0 Å². The Morgan fingerprint density at radius 2 is 1.73 bits per heavy atom. The van der Waals surface area contributed by atoms with E-state index in [4.69, 9.17) is 19.6 Å². The molecule has 1 aliphatic rings. The molecular weight excluding hydrogens is 376 g/mol. The standard InChI is InChI=1S/C6H14FO12P3/c1-4-2-5(8)6(7,17-4)3-16-21(12,13)19-22(14,15)18-20(9,10)11/h4-5,8H,2-3H2,1H3,(H,12,13)(H,14,15)(H2,9,10,11)/t4-,5?,6+/m0/s1. The summed E-state index contributed by atoms with van der Waals surface area (Å²) in [5.41, 5.74) is 0. The third-order valence-electron chi connectivity index (χ3n) is 2.29. The van der Waals surface area contributed by atoms with E-state index < -0.39 is 48.1 Å². The lowest BCUT2D eigenvalue weighted by Crippen LogP contribution is -2.39. The van der Waals surface area contributed by atoms with Gasteiger partial charge < -0.3 is 29.4 Å². The van der Waals surface area contributed by atoms with E-state index in [0.29, 0.717) is 0 Å². The molecule has 5 atom stereocenters. The zero-order valence-electron chi connectivity index (χ0n) is 10.9. The van der Waals surface area contributed by atoms with Crippen molar-refractivity contribution < 1.29 is 60.6 Å². The quantitative estimate of drug-likeness (QED) is 0.371. The summed E-state index contributed by atoms with van der Waals surface area (Å²) in [6.45, 7) is 0.0670. The zero-order chi connectivity index (χ0) is 17.4. The van der Waals surface area contributed by atoms with Gasteiger partial charge in [0.15, 0.2) is 0 Å².